The van der Waals surface area contributed by atoms with Crippen molar-refractivity contribution in [3.63, 3.8) is 0 Å². The molecule has 3 N–H and O–H groups in total. The Hall–Kier alpha value is -2.42. The van der Waals surface area contributed by atoms with E-state index in [2.05, 4.69) is 0 Å². The van der Waals surface area contributed by atoms with Gasteiger partial charge in [0.2, 0.25) is 10.0 Å². The van der Waals surface area contributed by atoms with Crippen LogP contribution in [0.2, 0.25) is 0 Å². The van der Waals surface area contributed by atoms with Crippen molar-refractivity contribution in [3.05, 3.63) is 66.2 Å². The summed E-state index contributed by atoms with van der Waals surface area (Å²) in [5, 5.41) is 11.9. The number of nitrogens with zero attached hydrogens (tertiary/aromatic N) is 1. The van der Waals surface area contributed by atoms with Crippen molar-refractivity contribution < 1.29 is 23.1 Å². The van der Waals surface area contributed by atoms with Gasteiger partial charge in [-0.15, -0.1) is 0 Å². The lowest BCUT2D eigenvalue weighted by Crippen LogP contribution is -2.58. The van der Waals surface area contributed by atoms with Crippen LogP contribution in [-0.4, -0.2) is 42.3 Å². The van der Waals surface area contributed by atoms with Gasteiger partial charge in [-0.3, -0.25) is 0 Å². The van der Waals surface area contributed by atoms with Crippen LogP contribution in [0.5, 0.6) is 0 Å². The molecule has 0 aliphatic heterocycles. The number of aliphatic hydroxyl groups is 1. The summed E-state index contributed by atoms with van der Waals surface area (Å²) >= 11 is 0. The Morgan fingerprint density at radius 3 is 2.19 bits per heavy atom. The van der Waals surface area contributed by atoms with Crippen molar-refractivity contribution in [2.24, 2.45) is 5.73 Å². The van der Waals surface area contributed by atoms with E-state index in [1.165, 1.54) is 16.4 Å². The van der Waals surface area contributed by atoms with Gasteiger partial charge in [-0.2, -0.15) is 4.31 Å². The molecule has 0 saturated heterocycles. The van der Waals surface area contributed by atoms with E-state index in [0.717, 1.165) is 24.8 Å². The van der Waals surface area contributed by atoms with Gasteiger partial charge in [0.05, 0.1) is 11.5 Å². The number of primary amides is 1. The minimum Gasteiger partial charge on any atom is -0.450 e. The van der Waals surface area contributed by atoms with Gasteiger partial charge in [-0.25, -0.2) is 13.2 Å². The molecule has 1 amide bonds. The smallest absolute Gasteiger partial charge is 0.404 e. The van der Waals surface area contributed by atoms with Crippen LogP contribution in [0.15, 0.2) is 65.6 Å². The van der Waals surface area contributed by atoms with Crippen LogP contribution in [0.3, 0.4) is 0 Å². The zero-order valence-corrected chi connectivity index (χ0v) is 18.3. The van der Waals surface area contributed by atoms with Crippen LogP contribution in [0.25, 0.3) is 0 Å². The van der Waals surface area contributed by atoms with Crippen molar-refractivity contribution in [1.82, 2.24) is 4.31 Å². The molecule has 0 heterocycles. The fraction of sp³-hybridized carbons (Fsp3) is 0.435. The van der Waals surface area contributed by atoms with Crippen LogP contribution in [0.4, 0.5) is 4.79 Å². The first-order chi connectivity index (χ1) is 14.8. The average Bonchev–Trinajstić information content (AvgIpc) is 2.75. The molecule has 0 radical (unpaired) electrons. The molecule has 2 aromatic carbocycles. The van der Waals surface area contributed by atoms with Crippen molar-refractivity contribution >= 4 is 16.1 Å². The monoisotopic (exact) mass is 446 g/mol. The van der Waals surface area contributed by atoms with Gasteiger partial charge < -0.3 is 15.6 Å². The minimum atomic E-state index is -4.02. The van der Waals surface area contributed by atoms with Crippen molar-refractivity contribution in [2.75, 3.05) is 6.61 Å². The molecule has 1 fully saturated rings. The molecule has 0 bridgehead atoms. The molecule has 1 atom stereocenters. The molecule has 31 heavy (non-hydrogen) atoms. The molecule has 1 aliphatic carbocycles. The first-order valence-electron chi connectivity index (χ1n) is 10.6. The van der Waals surface area contributed by atoms with Gasteiger partial charge in [0, 0.05) is 18.9 Å². The summed E-state index contributed by atoms with van der Waals surface area (Å²) in [6, 6.07) is 17.0. The molecule has 3 rings (SSSR count). The second kappa shape index (κ2) is 10.3. The highest BCUT2D eigenvalue weighted by Gasteiger charge is 2.47. The molecule has 0 aromatic heterocycles. The molecule has 1 saturated carbocycles. The Labute approximate surface area is 183 Å². The summed E-state index contributed by atoms with van der Waals surface area (Å²) in [5.74, 6) is 0. The van der Waals surface area contributed by atoms with Gasteiger partial charge in [0.25, 0.3) is 0 Å². The second-order valence-corrected chi connectivity index (χ2v) is 9.78. The summed E-state index contributed by atoms with van der Waals surface area (Å²) in [7, 11) is -4.02. The van der Waals surface area contributed by atoms with Crippen LogP contribution in [0, 0.1) is 0 Å². The summed E-state index contributed by atoms with van der Waals surface area (Å²) in [6.45, 7) is -0.188. The van der Waals surface area contributed by atoms with E-state index in [1.807, 2.05) is 30.3 Å². The first-order valence-corrected chi connectivity index (χ1v) is 12.0. The summed E-state index contributed by atoms with van der Waals surface area (Å²) in [4.78, 5) is 11.2. The van der Waals surface area contributed by atoms with Crippen molar-refractivity contribution in [3.8, 4) is 0 Å². The number of nitrogens with two attached hydrogens (primary N) is 1. The molecule has 0 spiro atoms. The molecule has 168 valence electrons. The Balaban J connectivity index is 2.05. The van der Waals surface area contributed by atoms with Crippen LogP contribution >= 0.6 is 0 Å². The van der Waals surface area contributed by atoms with E-state index in [4.69, 9.17) is 10.5 Å². The molecule has 1 unspecified atom stereocenters. The number of carbonyl (C=O) groups is 1. The normalized spacial score (nSPS) is 17.2. The largest absolute Gasteiger partial charge is 0.450 e. The SMILES string of the molecule is NC(=O)OCCC(O)(Cc1ccccc1)N(C1CCCCC1)S(=O)(=O)c1ccccc1. The molecule has 1 aliphatic rings. The van der Waals surface area contributed by atoms with Gasteiger partial charge in [0.15, 0.2) is 0 Å². The van der Waals surface area contributed by atoms with E-state index in [9.17, 15) is 18.3 Å². The highest BCUT2D eigenvalue weighted by Crippen LogP contribution is 2.36. The summed E-state index contributed by atoms with van der Waals surface area (Å²) in [5.41, 5.74) is 4.10. The van der Waals surface area contributed by atoms with Crippen LogP contribution in [0.1, 0.15) is 44.1 Å². The maximum atomic E-state index is 13.8. The van der Waals surface area contributed by atoms with E-state index >= 15 is 0 Å². The minimum absolute atomic E-state index is 0.0680. The van der Waals surface area contributed by atoms with Gasteiger partial charge >= 0.3 is 6.09 Å². The molecular formula is C23H30N2O5S. The van der Waals surface area contributed by atoms with E-state index in [-0.39, 0.29) is 30.4 Å². The Morgan fingerprint density at radius 1 is 1.03 bits per heavy atom. The third-order valence-electron chi connectivity index (χ3n) is 5.69. The van der Waals surface area contributed by atoms with Gasteiger partial charge in [0.1, 0.15) is 5.72 Å². The number of ether oxygens (including phenoxy) is 1. The number of hydrogen-bond acceptors (Lipinski definition) is 5. The molecule has 2 aromatic rings. The number of sulfonamides is 1. The third-order valence-corrected chi connectivity index (χ3v) is 7.72. The summed E-state index contributed by atoms with van der Waals surface area (Å²) in [6.07, 6.45) is 3.18. The first kappa shape index (κ1) is 23.2. The Kier molecular flexibility index (Phi) is 7.69. The van der Waals surface area contributed by atoms with Crippen LogP contribution in [-0.2, 0) is 21.2 Å². The van der Waals surface area contributed by atoms with E-state index in [0.29, 0.717) is 12.8 Å². The maximum absolute atomic E-state index is 13.8. The average molecular weight is 447 g/mol. The fourth-order valence-corrected chi connectivity index (χ4v) is 6.23. The van der Waals surface area contributed by atoms with Crippen molar-refractivity contribution in [2.45, 2.75) is 61.6 Å². The quantitative estimate of drug-likeness (QED) is 0.574. The molecule has 7 nitrogen and oxygen atoms in total. The van der Waals surface area contributed by atoms with E-state index in [1.54, 1.807) is 18.2 Å². The lowest BCUT2D eigenvalue weighted by atomic mass is 9.92. The topological polar surface area (TPSA) is 110 Å². The standard InChI is InChI=1S/C23H30N2O5S/c24-22(26)30-17-16-23(27,18-19-10-4-1-5-11-19)25(20-12-6-2-7-13-20)31(28,29)21-14-8-3-9-15-21/h1,3-5,8-11,14-15,20,27H,2,6-7,12-13,16-18H2,(H2,24,26). The number of carbonyl (C=O) groups excluding carboxylic acids is 1. The summed E-state index contributed by atoms with van der Waals surface area (Å²) < 4.78 is 33.8. The number of amides is 1. The van der Waals surface area contributed by atoms with E-state index < -0.39 is 21.8 Å². The Morgan fingerprint density at radius 2 is 1.61 bits per heavy atom. The number of benzene rings is 2. The lowest BCUT2D eigenvalue weighted by molar-refractivity contribution is -0.0967. The lowest BCUT2D eigenvalue weighted by Gasteiger charge is -2.44. The second-order valence-electron chi connectivity index (χ2n) is 7.97. The predicted octanol–water partition coefficient (Wildman–Crippen LogP) is 3.43. The van der Waals surface area contributed by atoms with Gasteiger partial charge in [-0.1, -0.05) is 67.8 Å². The number of rotatable bonds is 9. The fourth-order valence-electron chi connectivity index (χ4n) is 4.30. The van der Waals surface area contributed by atoms with Gasteiger partial charge in [-0.05, 0) is 30.5 Å². The number of hydrogen-bond donors (Lipinski definition) is 2. The predicted molar refractivity (Wildman–Crippen MR) is 118 cm³/mol. The zero-order chi connectivity index (χ0) is 22.3. The highest BCUT2D eigenvalue weighted by atomic mass is 32.2. The highest BCUT2D eigenvalue weighted by molar-refractivity contribution is 7.89. The molecular weight excluding hydrogens is 416 g/mol. The van der Waals surface area contributed by atoms with Crippen LogP contribution < -0.4 is 5.73 Å². The Bertz CT molecular complexity index is 946. The van der Waals surface area contributed by atoms with Crippen molar-refractivity contribution in [1.29, 1.82) is 0 Å². The zero-order valence-electron chi connectivity index (χ0n) is 17.5. The third kappa shape index (κ3) is 5.84. The maximum Gasteiger partial charge on any atom is 0.404 e. The molecule has 8 heteroatoms.